The van der Waals surface area contributed by atoms with Gasteiger partial charge >= 0.3 is 0 Å². The van der Waals surface area contributed by atoms with E-state index in [0.717, 1.165) is 67.5 Å². The number of fused-ring (bicyclic) bond motifs is 1. The zero-order valence-electron chi connectivity index (χ0n) is 17.4. The van der Waals surface area contributed by atoms with E-state index in [9.17, 15) is 0 Å². The highest BCUT2D eigenvalue weighted by atomic mass is 16.5. The fourth-order valence-corrected chi connectivity index (χ4v) is 4.29. The zero-order chi connectivity index (χ0) is 19.7. The van der Waals surface area contributed by atoms with Crippen LogP contribution in [0.25, 0.3) is 0 Å². The number of hydrogen-bond donors (Lipinski definition) is 0. The Morgan fingerprint density at radius 2 is 1.71 bits per heavy atom. The predicted octanol–water partition coefficient (Wildman–Crippen LogP) is 3.60. The fraction of sp³-hybridized carbons (Fsp3) is 0.545. The Hall–Kier alpha value is -2.50. The van der Waals surface area contributed by atoms with Gasteiger partial charge in [-0.05, 0) is 55.4 Å². The van der Waals surface area contributed by atoms with E-state index in [2.05, 4.69) is 41.8 Å². The van der Waals surface area contributed by atoms with Crippen LogP contribution in [0, 0.1) is 12.8 Å². The van der Waals surface area contributed by atoms with Crippen molar-refractivity contribution < 1.29 is 9.47 Å². The quantitative estimate of drug-likeness (QED) is 0.805. The van der Waals surface area contributed by atoms with Crippen LogP contribution in [-0.4, -0.2) is 43.8 Å². The molecule has 0 aliphatic carbocycles. The van der Waals surface area contributed by atoms with E-state index in [4.69, 9.17) is 19.4 Å². The summed E-state index contributed by atoms with van der Waals surface area (Å²) in [6.45, 7) is 8.24. The van der Waals surface area contributed by atoms with Crippen LogP contribution >= 0.6 is 0 Å². The average Bonchev–Trinajstić information content (AvgIpc) is 2.71. The lowest BCUT2D eigenvalue weighted by Crippen LogP contribution is -2.36. The number of piperidine rings is 1. The number of anilines is 2. The van der Waals surface area contributed by atoms with Crippen LogP contribution in [0.4, 0.5) is 11.8 Å². The van der Waals surface area contributed by atoms with Crippen molar-refractivity contribution in [3.8, 4) is 11.5 Å². The molecule has 6 nitrogen and oxygen atoms in total. The highest BCUT2D eigenvalue weighted by Gasteiger charge is 2.23. The van der Waals surface area contributed by atoms with Gasteiger partial charge in [0.1, 0.15) is 5.82 Å². The highest BCUT2D eigenvalue weighted by Crippen LogP contribution is 2.34. The molecule has 2 aliphatic heterocycles. The molecule has 0 N–H and O–H groups in total. The summed E-state index contributed by atoms with van der Waals surface area (Å²) in [7, 11) is 3.36. The van der Waals surface area contributed by atoms with Gasteiger partial charge in [0.25, 0.3) is 0 Å². The third kappa shape index (κ3) is 3.73. The molecule has 2 aromatic rings. The maximum Gasteiger partial charge on any atom is 0.227 e. The molecule has 1 aromatic carbocycles. The minimum Gasteiger partial charge on any atom is -0.493 e. The van der Waals surface area contributed by atoms with E-state index in [1.54, 1.807) is 14.2 Å². The minimum atomic E-state index is 0.719. The number of aromatic nitrogens is 2. The number of nitrogens with zero attached hydrogens (tertiary/aromatic N) is 4. The van der Waals surface area contributed by atoms with Crippen LogP contribution in [0.5, 0.6) is 11.5 Å². The van der Waals surface area contributed by atoms with E-state index < -0.39 is 0 Å². The summed E-state index contributed by atoms with van der Waals surface area (Å²) < 4.78 is 10.9. The van der Waals surface area contributed by atoms with Gasteiger partial charge in [0, 0.05) is 37.9 Å². The zero-order valence-corrected chi connectivity index (χ0v) is 17.4. The topological polar surface area (TPSA) is 50.7 Å². The average molecular weight is 383 g/mol. The second-order valence-electron chi connectivity index (χ2n) is 8.01. The van der Waals surface area contributed by atoms with Gasteiger partial charge in [-0.15, -0.1) is 0 Å². The summed E-state index contributed by atoms with van der Waals surface area (Å²) in [5, 5.41) is 0. The molecule has 1 atom stereocenters. The maximum atomic E-state index is 5.49. The first-order chi connectivity index (χ1) is 13.6. The highest BCUT2D eigenvalue weighted by molar-refractivity contribution is 5.52. The molecule has 1 fully saturated rings. The molecule has 0 bridgehead atoms. The van der Waals surface area contributed by atoms with Crippen LogP contribution in [0.15, 0.2) is 18.2 Å². The summed E-state index contributed by atoms with van der Waals surface area (Å²) in [4.78, 5) is 14.4. The Morgan fingerprint density at radius 1 is 0.964 bits per heavy atom. The van der Waals surface area contributed by atoms with E-state index in [-0.39, 0.29) is 0 Å². The Balaban J connectivity index is 1.60. The number of aryl methyl sites for hydroxylation is 1. The van der Waals surface area contributed by atoms with Crippen molar-refractivity contribution in [2.75, 3.05) is 43.7 Å². The minimum absolute atomic E-state index is 0.719. The van der Waals surface area contributed by atoms with Crippen molar-refractivity contribution in [3.63, 3.8) is 0 Å². The largest absolute Gasteiger partial charge is 0.493 e. The van der Waals surface area contributed by atoms with E-state index >= 15 is 0 Å². The second kappa shape index (κ2) is 7.86. The van der Waals surface area contributed by atoms with Crippen LogP contribution in [-0.2, 0) is 13.0 Å². The van der Waals surface area contributed by atoms with Crippen LogP contribution in [0.3, 0.4) is 0 Å². The van der Waals surface area contributed by atoms with Gasteiger partial charge in [-0.1, -0.05) is 6.92 Å². The van der Waals surface area contributed by atoms with Gasteiger partial charge < -0.3 is 19.3 Å². The summed E-state index contributed by atoms with van der Waals surface area (Å²) >= 11 is 0. The van der Waals surface area contributed by atoms with Crippen LogP contribution in [0.1, 0.15) is 36.6 Å². The smallest absolute Gasteiger partial charge is 0.227 e. The maximum absolute atomic E-state index is 5.49. The Morgan fingerprint density at radius 3 is 2.43 bits per heavy atom. The predicted molar refractivity (Wildman–Crippen MR) is 112 cm³/mol. The summed E-state index contributed by atoms with van der Waals surface area (Å²) in [5.41, 5.74) is 3.59. The van der Waals surface area contributed by atoms with Crippen molar-refractivity contribution in [2.45, 2.75) is 39.7 Å². The van der Waals surface area contributed by atoms with Gasteiger partial charge in [-0.2, -0.15) is 4.98 Å². The number of hydrogen-bond acceptors (Lipinski definition) is 6. The molecule has 6 heteroatoms. The number of rotatable bonds is 4. The lowest BCUT2D eigenvalue weighted by atomic mass is 9.99. The van der Waals surface area contributed by atoms with Crippen molar-refractivity contribution in [1.82, 2.24) is 9.97 Å². The lowest BCUT2D eigenvalue weighted by molar-refractivity contribution is 0.353. The van der Waals surface area contributed by atoms with E-state index in [1.807, 2.05) is 0 Å². The van der Waals surface area contributed by atoms with Crippen molar-refractivity contribution >= 4 is 11.8 Å². The molecule has 1 unspecified atom stereocenters. The molecule has 1 saturated heterocycles. The lowest BCUT2D eigenvalue weighted by Gasteiger charge is -2.34. The fourth-order valence-electron chi connectivity index (χ4n) is 4.29. The first kappa shape index (κ1) is 18.8. The molecule has 28 heavy (non-hydrogen) atoms. The number of ether oxygens (including phenoxy) is 2. The summed E-state index contributed by atoms with van der Waals surface area (Å²) in [6, 6.07) is 6.31. The molecule has 1 aromatic heterocycles. The molecular weight excluding hydrogens is 352 g/mol. The monoisotopic (exact) mass is 382 g/mol. The van der Waals surface area contributed by atoms with Gasteiger partial charge in [0.2, 0.25) is 5.95 Å². The SMILES string of the molecule is COc1cc2c(cc1OC)CN(c1nc(C)cc(N3CCCC(C)C3)n1)CC2. The third-order valence-electron chi connectivity index (χ3n) is 5.81. The van der Waals surface area contributed by atoms with Crippen molar-refractivity contribution in [3.05, 3.63) is 35.0 Å². The summed E-state index contributed by atoms with van der Waals surface area (Å²) in [6.07, 6.45) is 3.49. The standard InChI is InChI=1S/C22H30N4O2/c1-15-6-5-8-25(13-15)21-10-16(2)23-22(24-21)26-9-7-17-11-19(27-3)20(28-4)12-18(17)14-26/h10-12,15H,5-9,13-14H2,1-4H3. The number of methoxy groups -OCH3 is 2. The molecule has 0 amide bonds. The molecule has 0 saturated carbocycles. The summed E-state index contributed by atoms with van der Waals surface area (Å²) in [5.74, 6) is 4.18. The molecule has 150 valence electrons. The van der Waals surface area contributed by atoms with Crippen LogP contribution < -0.4 is 19.3 Å². The Kier molecular flexibility index (Phi) is 5.29. The molecule has 2 aliphatic rings. The Labute approximate surface area is 167 Å². The van der Waals surface area contributed by atoms with Crippen molar-refractivity contribution in [2.24, 2.45) is 5.92 Å². The van der Waals surface area contributed by atoms with Crippen LogP contribution in [0.2, 0.25) is 0 Å². The van der Waals surface area contributed by atoms with E-state index in [0.29, 0.717) is 0 Å². The first-order valence-corrected chi connectivity index (χ1v) is 10.2. The van der Waals surface area contributed by atoms with Gasteiger partial charge in [0.05, 0.1) is 14.2 Å². The normalized spacial score (nSPS) is 19.4. The van der Waals surface area contributed by atoms with Crippen molar-refractivity contribution in [1.29, 1.82) is 0 Å². The van der Waals surface area contributed by atoms with Gasteiger partial charge in [-0.25, -0.2) is 4.98 Å². The third-order valence-corrected chi connectivity index (χ3v) is 5.81. The molecule has 4 rings (SSSR count). The molecule has 3 heterocycles. The van der Waals surface area contributed by atoms with Gasteiger partial charge in [0.15, 0.2) is 11.5 Å². The molecule has 0 radical (unpaired) electrons. The Bertz CT molecular complexity index is 855. The first-order valence-electron chi connectivity index (χ1n) is 10.2. The van der Waals surface area contributed by atoms with E-state index in [1.165, 1.54) is 24.0 Å². The molecule has 0 spiro atoms. The number of benzene rings is 1. The second-order valence-corrected chi connectivity index (χ2v) is 8.01. The van der Waals surface area contributed by atoms with Gasteiger partial charge in [-0.3, -0.25) is 0 Å². The molecular formula is C22H30N4O2.